The molecule has 2 heterocycles. The highest BCUT2D eigenvalue weighted by molar-refractivity contribution is 5.78. The summed E-state index contributed by atoms with van der Waals surface area (Å²) in [5.74, 6) is 0.654. The van der Waals surface area contributed by atoms with Crippen LogP contribution in [0.25, 0.3) is 0 Å². The van der Waals surface area contributed by atoms with Crippen molar-refractivity contribution in [3.05, 3.63) is 51.2 Å². The maximum Gasteiger partial charge on any atom is 0.345 e. The molecule has 2 aromatic rings. The lowest BCUT2D eigenvalue weighted by Crippen LogP contribution is -2.39. The number of nitrogens with zero attached hydrogens (tertiary/aromatic N) is 3. The van der Waals surface area contributed by atoms with Gasteiger partial charge in [0.25, 0.3) is 0 Å². The second-order valence-electron chi connectivity index (χ2n) is 6.64. The molecule has 0 saturated carbocycles. The Bertz CT molecular complexity index is 819. The predicted molar refractivity (Wildman–Crippen MR) is 91.9 cm³/mol. The molecule has 24 heavy (non-hydrogen) atoms. The molecule has 0 radical (unpaired) electrons. The van der Waals surface area contributed by atoms with Crippen molar-refractivity contribution < 1.29 is 4.79 Å². The fraction of sp³-hybridized carbons (Fsp3) is 0.500. The van der Waals surface area contributed by atoms with Gasteiger partial charge in [-0.25, -0.2) is 9.48 Å². The van der Waals surface area contributed by atoms with Crippen molar-refractivity contribution in [2.24, 2.45) is 13.0 Å². The Kier molecular flexibility index (Phi) is 4.55. The third-order valence-corrected chi connectivity index (χ3v) is 4.77. The summed E-state index contributed by atoms with van der Waals surface area (Å²) < 4.78 is 2.97. The molecule has 1 aliphatic rings. The van der Waals surface area contributed by atoms with Crippen LogP contribution >= 0.6 is 0 Å². The van der Waals surface area contributed by atoms with Gasteiger partial charge in [-0.1, -0.05) is 23.8 Å². The number of carbonyl (C=O) groups excluding carboxylic acids is 1. The molecule has 0 fully saturated rings. The summed E-state index contributed by atoms with van der Waals surface area (Å²) in [7, 11) is 1.65. The summed E-state index contributed by atoms with van der Waals surface area (Å²) in [4.78, 5) is 24.4. The maximum absolute atomic E-state index is 12.4. The first-order valence-electron chi connectivity index (χ1n) is 8.42. The average Bonchev–Trinajstić information content (AvgIpc) is 2.83. The third kappa shape index (κ3) is 3.27. The molecule has 1 N–H and O–H groups in total. The molecular weight excluding hydrogens is 304 g/mol. The molecule has 6 heteroatoms. The smallest absolute Gasteiger partial charge is 0.345 e. The first-order chi connectivity index (χ1) is 11.5. The Hall–Kier alpha value is -2.37. The van der Waals surface area contributed by atoms with Gasteiger partial charge in [0.1, 0.15) is 5.82 Å². The highest BCUT2D eigenvalue weighted by Gasteiger charge is 2.27. The van der Waals surface area contributed by atoms with Gasteiger partial charge >= 0.3 is 5.69 Å². The van der Waals surface area contributed by atoms with E-state index in [9.17, 15) is 9.59 Å². The second-order valence-corrected chi connectivity index (χ2v) is 6.64. The molecule has 6 nitrogen and oxygen atoms in total. The number of hydrogen-bond donors (Lipinski definition) is 1. The molecule has 1 atom stereocenters. The van der Waals surface area contributed by atoms with E-state index in [4.69, 9.17) is 0 Å². The molecule has 0 unspecified atom stereocenters. The number of aryl methyl sites for hydroxylation is 4. The van der Waals surface area contributed by atoms with E-state index < -0.39 is 0 Å². The number of nitrogens with one attached hydrogen (secondary N) is 1. The van der Waals surface area contributed by atoms with Gasteiger partial charge in [0.05, 0.1) is 5.92 Å². The Morgan fingerprint density at radius 1 is 1.38 bits per heavy atom. The number of hydrogen-bond acceptors (Lipinski definition) is 3. The zero-order valence-corrected chi connectivity index (χ0v) is 14.5. The summed E-state index contributed by atoms with van der Waals surface area (Å²) in [6.07, 6.45) is 2.24. The van der Waals surface area contributed by atoms with Crippen LogP contribution in [0, 0.1) is 19.8 Å². The van der Waals surface area contributed by atoms with Crippen LogP contribution in [-0.2, 0) is 31.2 Å². The molecule has 0 bridgehead atoms. The number of aromatic nitrogens is 3. The minimum absolute atomic E-state index is 0.0289. The van der Waals surface area contributed by atoms with Gasteiger partial charge in [0, 0.05) is 26.6 Å². The predicted octanol–water partition coefficient (Wildman–Crippen LogP) is 1.12. The zero-order chi connectivity index (χ0) is 17.3. The number of fused-ring (bicyclic) bond motifs is 1. The fourth-order valence-electron chi connectivity index (χ4n) is 3.34. The Labute approximate surface area is 141 Å². The monoisotopic (exact) mass is 328 g/mol. The van der Waals surface area contributed by atoms with Crippen molar-refractivity contribution >= 4 is 5.91 Å². The van der Waals surface area contributed by atoms with Crippen LogP contribution in [0.4, 0.5) is 0 Å². The summed E-state index contributed by atoms with van der Waals surface area (Å²) in [6, 6.07) is 6.38. The summed E-state index contributed by atoms with van der Waals surface area (Å²) in [6.45, 7) is 5.23. The zero-order valence-electron chi connectivity index (χ0n) is 14.5. The van der Waals surface area contributed by atoms with Crippen LogP contribution in [0.2, 0.25) is 0 Å². The highest BCUT2D eigenvalue weighted by atomic mass is 16.2. The van der Waals surface area contributed by atoms with Crippen molar-refractivity contribution in [3.63, 3.8) is 0 Å². The van der Waals surface area contributed by atoms with E-state index in [0.717, 1.165) is 18.7 Å². The molecular formula is C18H24N4O2. The molecule has 1 aromatic heterocycles. The maximum atomic E-state index is 12.4. The van der Waals surface area contributed by atoms with Crippen molar-refractivity contribution in [2.45, 2.75) is 39.7 Å². The molecule has 0 spiro atoms. The van der Waals surface area contributed by atoms with Gasteiger partial charge in [-0.3, -0.25) is 9.36 Å². The van der Waals surface area contributed by atoms with Gasteiger partial charge in [0.2, 0.25) is 5.91 Å². The van der Waals surface area contributed by atoms with Crippen LogP contribution in [0.5, 0.6) is 0 Å². The Morgan fingerprint density at radius 3 is 2.92 bits per heavy atom. The molecule has 128 valence electrons. The number of carbonyl (C=O) groups is 1. The van der Waals surface area contributed by atoms with E-state index in [1.807, 2.05) is 0 Å². The fourth-order valence-corrected chi connectivity index (χ4v) is 3.34. The van der Waals surface area contributed by atoms with Crippen LogP contribution < -0.4 is 11.0 Å². The van der Waals surface area contributed by atoms with E-state index in [1.54, 1.807) is 11.6 Å². The van der Waals surface area contributed by atoms with Crippen molar-refractivity contribution in [1.29, 1.82) is 0 Å². The van der Waals surface area contributed by atoms with Gasteiger partial charge in [-0.15, -0.1) is 0 Å². The standard InChI is InChI=1S/C18H24N4O2/c1-12-4-5-14(13(2)10-12)8-9-19-17(23)15-6-7-16-20-21(3)18(24)22(16)11-15/h4-5,10,15H,6-9,11H2,1-3H3,(H,19,23)/t15-/m1/s1. The SMILES string of the molecule is Cc1ccc(CCNC(=O)[C@@H]2CCc3nn(C)c(=O)n3C2)c(C)c1. The largest absolute Gasteiger partial charge is 0.355 e. The number of rotatable bonds is 4. The molecule has 1 aromatic carbocycles. The van der Waals surface area contributed by atoms with E-state index in [0.29, 0.717) is 19.5 Å². The van der Waals surface area contributed by atoms with E-state index in [-0.39, 0.29) is 17.5 Å². The minimum atomic E-state index is -0.154. The average molecular weight is 328 g/mol. The summed E-state index contributed by atoms with van der Waals surface area (Å²) in [5.41, 5.74) is 3.63. The lowest BCUT2D eigenvalue weighted by atomic mass is 9.98. The molecule has 1 aliphatic heterocycles. The lowest BCUT2D eigenvalue weighted by Gasteiger charge is -2.21. The lowest BCUT2D eigenvalue weighted by molar-refractivity contribution is -0.125. The quantitative estimate of drug-likeness (QED) is 0.914. The van der Waals surface area contributed by atoms with Crippen molar-refractivity contribution in [2.75, 3.05) is 6.54 Å². The van der Waals surface area contributed by atoms with Crippen molar-refractivity contribution in [3.8, 4) is 0 Å². The molecule has 3 rings (SSSR count). The second kappa shape index (κ2) is 6.63. The normalized spacial score (nSPS) is 16.7. The highest BCUT2D eigenvalue weighted by Crippen LogP contribution is 2.17. The van der Waals surface area contributed by atoms with Crippen LogP contribution in [0.1, 0.15) is 28.9 Å². The van der Waals surface area contributed by atoms with E-state index in [2.05, 4.69) is 42.5 Å². The Morgan fingerprint density at radius 2 is 2.17 bits per heavy atom. The minimum Gasteiger partial charge on any atom is -0.355 e. The van der Waals surface area contributed by atoms with E-state index >= 15 is 0 Å². The number of amides is 1. The molecule has 0 aliphatic carbocycles. The number of benzene rings is 1. The molecule has 0 saturated heterocycles. The van der Waals surface area contributed by atoms with Gasteiger partial charge in [0.15, 0.2) is 0 Å². The van der Waals surface area contributed by atoms with Crippen LogP contribution in [0.15, 0.2) is 23.0 Å². The third-order valence-electron chi connectivity index (χ3n) is 4.77. The summed E-state index contributed by atoms with van der Waals surface area (Å²) in [5, 5.41) is 7.22. The van der Waals surface area contributed by atoms with Gasteiger partial charge in [-0.05, 0) is 37.8 Å². The van der Waals surface area contributed by atoms with E-state index in [1.165, 1.54) is 21.4 Å². The van der Waals surface area contributed by atoms with Gasteiger partial charge in [-0.2, -0.15) is 5.10 Å². The summed E-state index contributed by atoms with van der Waals surface area (Å²) >= 11 is 0. The van der Waals surface area contributed by atoms with Crippen molar-refractivity contribution in [1.82, 2.24) is 19.7 Å². The molecule has 1 amide bonds. The first kappa shape index (κ1) is 16.5. The van der Waals surface area contributed by atoms with Crippen LogP contribution in [-0.4, -0.2) is 26.8 Å². The topological polar surface area (TPSA) is 68.9 Å². The first-order valence-corrected chi connectivity index (χ1v) is 8.42. The Balaban J connectivity index is 1.56. The van der Waals surface area contributed by atoms with Crippen LogP contribution in [0.3, 0.4) is 0 Å². The van der Waals surface area contributed by atoms with Gasteiger partial charge < -0.3 is 5.32 Å².